The SMILES string of the molecule is CCc1cc(=O)n(CC(=O)NCc2ccc(OC)c(OC)c2)c(N2CCOCC2)n1. The second kappa shape index (κ2) is 10.1. The van der Waals surface area contributed by atoms with E-state index in [1.165, 1.54) is 10.6 Å². The third-order valence-electron chi connectivity index (χ3n) is 4.94. The summed E-state index contributed by atoms with van der Waals surface area (Å²) in [6.45, 7) is 4.55. The number of nitrogens with zero attached hydrogens (tertiary/aromatic N) is 3. The predicted octanol–water partition coefficient (Wildman–Crippen LogP) is 0.976. The first-order chi connectivity index (χ1) is 14.5. The van der Waals surface area contributed by atoms with E-state index in [9.17, 15) is 9.59 Å². The number of hydrogen-bond donors (Lipinski definition) is 1. The van der Waals surface area contributed by atoms with Gasteiger partial charge >= 0.3 is 0 Å². The lowest BCUT2D eigenvalue weighted by molar-refractivity contribution is -0.121. The van der Waals surface area contributed by atoms with Gasteiger partial charge in [0.1, 0.15) is 6.54 Å². The fourth-order valence-electron chi connectivity index (χ4n) is 3.27. The molecule has 1 aliphatic heterocycles. The van der Waals surface area contributed by atoms with Crippen molar-refractivity contribution in [2.24, 2.45) is 0 Å². The lowest BCUT2D eigenvalue weighted by atomic mass is 10.2. The Balaban J connectivity index is 1.73. The van der Waals surface area contributed by atoms with Gasteiger partial charge in [-0.15, -0.1) is 0 Å². The first-order valence-electron chi connectivity index (χ1n) is 9.96. The molecule has 1 amide bonds. The highest BCUT2D eigenvalue weighted by atomic mass is 16.5. The summed E-state index contributed by atoms with van der Waals surface area (Å²) in [5, 5.41) is 2.86. The number of amides is 1. The highest BCUT2D eigenvalue weighted by Crippen LogP contribution is 2.27. The van der Waals surface area contributed by atoms with Crippen molar-refractivity contribution in [2.45, 2.75) is 26.4 Å². The van der Waals surface area contributed by atoms with Crippen molar-refractivity contribution in [3.8, 4) is 11.5 Å². The van der Waals surface area contributed by atoms with E-state index in [0.717, 1.165) is 5.56 Å². The number of benzene rings is 1. The van der Waals surface area contributed by atoms with Crippen molar-refractivity contribution in [1.82, 2.24) is 14.9 Å². The summed E-state index contributed by atoms with van der Waals surface area (Å²) in [6, 6.07) is 6.94. The first-order valence-corrected chi connectivity index (χ1v) is 9.96. The number of ether oxygens (including phenoxy) is 3. The Kier molecular flexibility index (Phi) is 7.29. The number of morpholine rings is 1. The standard InChI is InChI=1S/C21H28N4O5/c1-4-16-12-20(27)25(21(23-16)24-7-9-30-10-8-24)14-19(26)22-13-15-5-6-17(28-2)18(11-15)29-3/h5-6,11-12H,4,7-10,13-14H2,1-3H3,(H,22,26). The van der Waals surface area contributed by atoms with E-state index in [1.54, 1.807) is 20.3 Å². The molecule has 1 N–H and O–H groups in total. The van der Waals surface area contributed by atoms with Crippen LogP contribution in [0.5, 0.6) is 11.5 Å². The molecule has 30 heavy (non-hydrogen) atoms. The number of methoxy groups -OCH3 is 2. The van der Waals surface area contributed by atoms with Gasteiger partial charge in [0.15, 0.2) is 11.5 Å². The third kappa shape index (κ3) is 5.10. The minimum atomic E-state index is -0.271. The zero-order chi connectivity index (χ0) is 21.5. The number of nitrogens with one attached hydrogen (secondary N) is 1. The molecule has 0 radical (unpaired) electrons. The van der Waals surface area contributed by atoms with Gasteiger partial charge in [0.05, 0.1) is 27.4 Å². The minimum absolute atomic E-state index is 0.101. The van der Waals surface area contributed by atoms with E-state index in [4.69, 9.17) is 14.2 Å². The number of hydrogen-bond acceptors (Lipinski definition) is 7. The maximum atomic E-state index is 12.7. The summed E-state index contributed by atoms with van der Waals surface area (Å²) < 4.78 is 17.3. The lowest BCUT2D eigenvalue weighted by Crippen LogP contribution is -2.42. The molecular formula is C21H28N4O5. The molecule has 0 spiro atoms. The molecule has 0 aliphatic carbocycles. The maximum absolute atomic E-state index is 12.7. The van der Waals surface area contributed by atoms with Crippen molar-refractivity contribution in [3.63, 3.8) is 0 Å². The average Bonchev–Trinajstić information content (AvgIpc) is 2.79. The molecule has 1 saturated heterocycles. The van der Waals surface area contributed by atoms with Crippen molar-refractivity contribution in [3.05, 3.63) is 45.9 Å². The van der Waals surface area contributed by atoms with E-state index in [0.29, 0.717) is 62.4 Å². The fourth-order valence-corrected chi connectivity index (χ4v) is 3.27. The Morgan fingerprint density at radius 1 is 1.17 bits per heavy atom. The van der Waals surface area contributed by atoms with Crippen LogP contribution in [0.1, 0.15) is 18.2 Å². The van der Waals surface area contributed by atoms with Gasteiger partial charge < -0.3 is 24.4 Å². The van der Waals surface area contributed by atoms with Crippen molar-refractivity contribution < 1.29 is 19.0 Å². The molecular weight excluding hydrogens is 388 g/mol. The Labute approximate surface area is 175 Å². The highest BCUT2D eigenvalue weighted by Gasteiger charge is 2.20. The molecule has 2 heterocycles. The van der Waals surface area contributed by atoms with Crippen LogP contribution in [-0.2, 0) is 29.0 Å². The van der Waals surface area contributed by atoms with Crippen LogP contribution in [0.15, 0.2) is 29.1 Å². The van der Waals surface area contributed by atoms with E-state index in [-0.39, 0.29) is 18.0 Å². The molecule has 9 heteroatoms. The monoisotopic (exact) mass is 416 g/mol. The summed E-state index contributed by atoms with van der Waals surface area (Å²) in [4.78, 5) is 31.9. The molecule has 2 aromatic rings. The van der Waals surface area contributed by atoms with Gasteiger partial charge in [-0.25, -0.2) is 4.98 Å². The maximum Gasteiger partial charge on any atom is 0.255 e. The van der Waals surface area contributed by atoms with Crippen LogP contribution in [0.3, 0.4) is 0 Å². The number of aryl methyl sites for hydroxylation is 1. The first kappa shape index (κ1) is 21.6. The molecule has 162 valence electrons. The van der Waals surface area contributed by atoms with Gasteiger partial charge in [-0.05, 0) is 24.1 Å². The number of anilines is 1. The molecule has 0 saturated carbocycles. The Morgan fingerprint density at radius 2 is 1.90 bits per heavy atom. The summed E-state index contributed by atoms with van der Waals surface area (Å²) in [6.07, 6.45) is 0.652. The van der Waals surface area contributed by atoms with Crippen molar-refractivity contribution in [2.75, 3.05) is 45.4 Å². The summed E-state index contributed by atoms with van der Waals surface area (Å²) in [5.41, 5.74) is 1.34. The smallest absolute Gasteiger partial charge is 0.255 e. The summed E-state index contributed by atoms with van der Waals surface area (Å²) in [7, 11) is 3.13. The van der Waals surface area contributed by atoms with Crippen LogP contribution >= 0.6 is 0 Å². The molecule has 1 aromatic carbocycles. The zero-order valence-corrected chi connectivity index (χ0v) is 17.6. The van der Waals surface area contributed by atoms with Gasteiger partial charge in [0, 0.05) is 31.4 Å². The molecule has 0 unspecified atom stereocenters. The van der Waals surface area contributed by atoms with Crippen LogP contribution in [0.2, 0.25) is 0 Å². The van der Waals surface area contributed by atoms with Crippen LogP contribution < -0.4 is 25.2 Å². The Bertz CT molecular complexity index is 937. The van der Waals surface area contributed by atoms with Gasteiger partial charge in [-0.1, -0.05) is 13.0 Å². The highest BCUT2D eigenvalue weighted by molar-refractivity contribution is 5.76. The van der Waals surface area contributed by atoms with Crippen LogP contribution in [0, 0.1) is 0 Å². The molecule has 1 aromatic heterocycles. The van der Waals surface area contributed by atoms with Gasteiger partial charge in [-0.2, -0.15) is 0 Å². The van der Waals surface area contributed by atoms with Crippen LogP contribution in [0.25, 0.3) is 0 Å². The Morgan fingerprint density at radius 3 is 2.57 bits per heavy atom. The van der Waals surface area contributed by atoms with Crippen molar-refractivity contribution in [1.29, 1.82) is 0 Å². The van der Waals surface area contributed by atoms with Gasteiger partial charge in [0.25, 0.3) is 5.56 Å². The molecule has 0 bridgehead atoms. The normalized spacial score (nSPS) is 13.8. The fraction of sp³-hybridized carbons (Fsp3) is 0.476. The molecule has 0 atom stereocenters. The van der Waals surface area contributed by atoms with Gasteiger partial charge in [-0.3, -0.25) is 14.2 Å². The molecule has 9 nitrogen and oxygen atoms in total. The van der Waals surface area contributed by atoms with E-state index in [1.807, 2.05) is 24.0 Å². The molecule has 1 fully saturated rings. The summed E-state index contributed by atoms with van der Waals surface area (Å²) in [5.74, 6) is 1.46. The van der Waals surface area contributed by atoms with E-state index >= 15 is 0 Å². The second-order valence-electron chi connectivity index (χ2n) is 6.89. The number of rotatable bonds is 8. The molecule has 3 rings (SSSR count). The quantitative estimate of drug-likeness (QED) is 0.685. The number of carbonyl (C=O) groups is 1. The summed E-state index contributed by atoms with van der Waals surface area (Å²) >= 11 is 0. The third-order valence-corrected chi connectivity index (χ3v) is 4.94. The number of aromatic nitrogens is 2. The topological polar surface area (TPSA) is 94.9 Å². The average molecular weight is 416 g/mol. The predicted molar refractivity (Wildman–Crippen MR) is 112 cm³/mol. The lowest BCUT2D eigenvalue weighted by Gasteiger charge is -2.29. The van der Waals surface area contributed by atoms with Crippen LogP contribution in [-0.4, -0.2) is 56.0 Å². The van der Waals surface area contributed by atoms with Crippen LogP contribution in [0.4, 0.5) is 5.95 Å². The van der Waals surface area contributed by atoms with E-state index in [2.05, 4.69) is 10.3 Å². The number of carbonyl (C=O) groups excluding carboxylic acids is 1. The van der Waals surface area contributed by atoms with Gasteiger partial charge in [0.2, 0.25) is 11.9 Å². The van der Waals surface area contributed by atoms with E-state index < -0.39 is 0 Å². The largest absolute Gasteiger partial charge is 0.493 e. The molecule has 1 aliphatic rings. The zero-order valence-electron chi connectivity index (χ0n) is 17.6. The Hall–Kier alpha value is -3.07. The van der Waals surface area contributed by atoms with Crippen molar-refractivity contribution >= 4 is 11.9 Å². The minimum Gasteiger partial charge on any atom is -0.493 e. The second-order valence-corrected chi connectivity index (χ2v) is 6.89.